The number of para-hydroxylation sites is 1. The Labute approximate surface area is 111 Å². The van der Waals surface area contributed by atoms with Gasteiger partial charge in [-0.3, -0.25) is 0 Å². The van der Waals surface area contributed by atoms with Crippen molar-refractivity contribution in [2.75, 3.05) is 18.4 Å². The van der Waals surface area contributed by atoms with Crippen LogP contribution in [0.4, 0.5) is 5.69 Å². The van der Waals surface area contributed by atoms with Crippen LogP contribution in [0.2, 0.25) is 0 Å². The Balaban J connectivity index is 1.78. The maximum Gasteiger partial charge on any atom is 0.135 e. The third-order valence-electron chi connectivity index (χ3n) is 3.81. The van der Waals surface area contributed by atoms with Crippen molar-refractivity contribution in [1.82, 2.24) is 5.32 Å². The van der Waals surface area contributed by atoms with E-state index in [1.165, 1.54) is 22.9 Å². The molecule has 2 aromatic carbocycles. The van der Waals surface area contributed by atoms with Crippen LogP contribution in [-0.2, 0) is 0 Å². The Hall–Kier alpha value is -2.00. The SMILES string of the molecule is c1ccc2c(c1)oc1ccc(NC3CCNC3)cc12. The molecule has 0 bridgehead atoms. The fourth-order valence-corrected chi connectivity index (χ4v) is 2.83. The average Bonchev–Trinajstić information content (AvgIpc) is 3.06. The molecule has 19 heavy (non-hydrogen) atoms. The maximum absolute atomic E-state index is 5.84. The molecule has 0 aliphatic carbocycles. The van der Waals surface area contributed by atoms with Gasteiger partial charge < -0.3 is 15.1 Å². The van der Waals surface area contributed by atoms with E-state index in [4.69, 9.17) is 4.42 Å². The van der Waals surface area contributed by atoms with E-state index in [1.807, 2.05) is 12.1 Å². The molecule has 1 aliphatic rings. The lowest BCUT2D eigenvalue weighted by molar-refractivity contribution is 0.669. The van der Waals surface area contributed by atoms with E-state index in [-0.39, 0.29) is 0 Å². The molecule has 0 radical (unpaired) electrons. The summed E-state index contributed by atoms with van der Waals surface area (Å²) in [6.07, 6.45) is 1.18. The fourth-order valence-electron chi connectivity index (χ4n) is 2.83. The molecule has 4 rings (SSSR count). The molecular formula is C16H16N2O. The third kappa shape index (κ3) is 1.87. The number of anilines is 1. The molecule has 0 saturated carbocycles. The largest absolute Gasteiger partial charge is 0.456 e. The second-order valence-corrected chi connectivity index (χ2v) is 5.14. The van der Waals surface area contributed by atoms with Crippen LogP contribution in [0.25, 0.3) is 21.9 Å². The minimum Gasteiger partial charge on any atom is -0.456 e. The average molecular weight is 252 g/mol. The number of hydrogen-bond donors (Lipinski definition) is 2. The molecule has 96 valence electrons. The van der Waals surface area contributed by atoms with Gasteiger partial charge in [0.1, 0.15) is 11.2 Å². The molecule has 1 aromatic heterocycles. The quantitative estimate of drug-likeness (QED) is 0.734. The molecule has 1 atom stereocenters. The number of benzene rings is 2. The standard InChI is InChI=1S/C16H16N2O/c1-2-4-15-13(3-1)14-9-11(5-6-16(14)19-15)18-12-7-8-17-10-12/h1-6,9,12,17-18H,7-8,10H2. The van der Waals surface area contributed by atoms with Crippen LogP contribution >= 0.6 is 0 Å². The molecule has 3 nitrogen and oxygen atoms in total. The first-order valence-electron chi connectivity index (χ1n) is 6.79. The van der Waals surface area contributed by atoms with Crippen molar-refractivity contribution in [2.24, 2.45) is 0 Å². The molecular weight excluding hydrogens is 236 g/mol. The summed E-state index contributed by atoms with van der Waals surface area (Å²) in [6.45, 7) is 2.15. The molecule has 1 fully saturated rings. The van der Waals surface area contributed by atoms with E-state index in [2.05, 4.69) is 41.0 Å². The Morgan fingerprint density at radius 1 is 1.05 bits per heavy atom. The summed E-state index contributed by atoms with van der Waals surface area (Å²) in [5, 5.41) is 9.33. The Kier molecular flexibility index (Phi) is 2.45. The predicted octanol–water partition coefficient (Wildman–Crippen LogP) is 3.36. The third-order valence-corrected chi connectivity index (χ3v) is 3.81. The topological polar surface area (TPSA) is 37.2 Å². The Morgan fingerprint density at radius 3 is 2.84 bits per heavy atom. The van der Waals surface area contributed by atoms with Gasteiger partial charge in [0.2, 0.25) is 0 Å². The van der Waals surface area contributed by atoms with Crippen molar-refractivity contribution in [2.45, 2.75) is 12.5 Å². The highest BCUT2D eigenvalue weighted by Gasteiger charge is 2.14. The van der Waals surface area contributed by atoms with Crippen molar-refractivity contribution in [3.63, 3.8) is 0 Å². The Morgan fingerprint density at radius 2 is 1.95 bits per heavy atom. The summed E-state index contributed by atoms with van der Waals surface area (Å²) >= 11 is 0. The molecule has 0 spiro atoms. The number of furan rings is 1. The van der Waals surface area contributed by atoms with Gasteiger partial charge in [-0.25, -0.2) is 0 Å². The minimum atomic E-state index is 0.538. The first-order chi connectivity index (χ1) is 9.40. The molecule has 2 heterocycles. The van der Waals surface area contributed by atoms with Gasteiger partial charge in [0.15, 0.2) is 0 Å². The van der Waals surface area contributed by atoms with Gasteiger partial charge in [0.25, 0.3) is 0 Å². The zero-order valence-electron chi connectivity index (χ0n) is 10.6. The van der Waals surface area contributed by atoms with E-state index < -0.39 is 0 Å². The van der Waals surface area contributed by atoms with Crippen LogP contribution in [0.1, 0.15) is 6.42 Å². The number of hydrogen-bond acceptors (Lipinski definition) is 3. The summed E-state index contributed by atoms with van der Waals surface area (Å²) in [4.78, 5) is 0. The Bertz CT molecular complexity index is 726. The summed E-state index contributed by atoms with van der Waals surface area (Å²) in [7, 11) is 0. The fraction of sp³-hybridized carbons (Fsp3) is 0.250. The second-order valence-electron chi connectivity index (χ2n) is 5.14. The number of rotatable bonds is 2. The van der Waals surface area contributed by atoms with Gasteiger partial charge in [-0.1, -0.05) is 18.2 Å². The van der Waals surface area contributed by atoms with Crippen LogP contribution < -0.4 is 10.6 Å². The second kappa shape index (κ2) is 4.28. The lowest BCUT2D eigenvalue weighted by Crippen LogP contribution is -2.21. The molecule has 1 aliphatic heterocycles. The van der Waals surface area contributed by atoms with Gasteiger partial charge in [-0.2, -0.15) is 0 Å². The van der Waals surface area contributed by atoms with Crippen LogP contribution in [0, 0.1) is 0 Å². The minimum absolute atomic E-state index is 0.538. The van der Waals surface area contributed by atoms with Crippen LogP contribution in [-0.4, -0.2) is 19.1 Å². The van der Waals surface area contributed by atoms with E-state index >= 15 is 0 Å². The van der Waals surface area contributed by atoms with Gasteiger partial charge in [-0.05, 0) is 37.2 Å². The first kappa shape index (κ1) is 10.9. The smallest absolute Gasteiger partial charge is 0.135 e. The van der Waals surface area contributed by atoms with Gasteiger partial charge in [-0.15, -0.1) is 0 Å². The van der Waals surface area contributed by atoms with Crippen molar-refractivity contribution >= 4 is 27.6 Å². The normalized spacial score (nSPS) is 19.3. The zero-order chi connectivity index (χ0) is 12.7. The van der Waals surface area contributed by atoms with E-state index in [1.54, 1.807) is 0 Å². The lowest BCUT2D eigenvalue weighted by atomic mass is 10.1. The molecule has 2 N–H and O–H groups in total. The van der Waals surface area contributed by atoms with E-state index in [9.17, 15) is 0 Å². The van der Waals surface area contributed by atoms with Crippen LogP contribution in [0.3, 0.4) is 0 Å². The van der Waals surface area contributed by atoms with E-state index in [0.717, 1.165) is 24.3 Å². The lowest BCUT2D eigenvalue weighted by Gasteiger charge is -2.12. The highest BCUT2D eigenvalue weighted by Crippen LogP contribution is 2.30. The molecule has 1 unspecified atom stereocenters. The molecule has 0 amide bonds. The van der Waals surface area contributed by atoms with E-state index in [0.29, 0.717) is 6.04 Å². The predicted molar refractivity (Wildman–Crippen MR) is 78.6 cm³/mol. The van der Waals surface area contributed by atoms with Gasteiger partial charge in [0, 0.05) is 29.0 Å². The maximum atomic E-state index is 5.84. The first-order valence-corrected chi connectivity index (χ1v) is 6.79. The summed E-state index contributed by atoms with van der Waals surface area (Å²) in [5.74, 6) is 0. The van der Waals surface area contributed by atoms with Crippen molar-refractivity contribution < 1.29 is 4.42 Å². The highest BCUT2D eigenvalue weighted by atomic mass is 16.3. The highest BCUT2D eigenvalue weighted by molar-refractivity contribution is 6.05. The van der Waals surface area contributed by atoms with Crippen LogP contribution in [0.15, 0.2) is 46.9 Å². The molecule has 3 aromatic rings. The summed E-state index contributed by atoms with van der Waals surface area (Å²) in [5.41, 5.74) is 3.08. The molecule has 3 heteroatoms. The summed E-state index contributed by atoms with van der Waals surface area (Å²) in [6, 6.07) is 15.1. The van der Waals surface area contributed by atoms with Crippen molar-refractivity contribution in [1.29, 1.82) is 0 Å². The van der Waals surface area contributed by atoms with Crippen molar-refractivity contribution in [3.8, 4) is 0 Å². The van der Waals surface area contributed by atoms with Crippen LogP contribution in [0.5, 0.6) is 0 Å². The van der Waals surface area contributed by atoms with Gasteiger partial charge >= 0.3 is 0 Å². The van der Waals surface area contributed by atoms with Gasteiger partial charge in [0.05, 0.1) is 0 Å². The number of fused-ring (bicyclic) bond motifs is 3. The van der Waals surface area contributed by atoms with Crippen molar-refractivity contribution in [3.05, 3.63) is 42.5 Å². The number of nitrogens with one attached hydrogen (secondary N) is 2. The monoisotopic (exact) mass is 252 g/mol. The zero-order valence-corrected chi connectivity index (χ0v) is 10.6. The summed E-state index contributed by atoms with van der Waals surface area (Å²) < 4.78 is 5.84. The molecule has 1 saturated heterocycles.